The Bertz CT molecular complexity index is 993. The van der Waals surface area contributed by atoms with Crippen molar-refractivity contribution in [2.24, 2.45) is 0 Å². The van der Waals surface area contributed by atoms with Crippen molar-refractivity contribution >= 4 is 34.5 Å². The highest BCUT2D eigenvalue weighted by Crippen LogP contribution is 2.21. The minimum Gasteiger partial charge on any atom is -0.497 e. The molecule has 6 nitrogen and oxygen atoms in total. The molecule has 0 spiro atoms. The van der Waals surface area contributed by atoms with E-state index in [1.165, 1.54) is 11.3 Å². The first kappa shape index (κ1) is 20.0. The van der Waals surface area contributed by atoms with Crippen LogP contribution in [-0.2, 0) is 0 Å². The number of anilines is 2. The zero-order chi connectivity index (χ0) is 20.9. The van der Waals surface area contributed by atoms with Gasteiger partial charge < -0.3 is 19.9 Å². The third-order valence-corrected chi connectivity index (χ3v) is 6.00. The van der Waals surface area contributed by atoms with Crippen molar-refractivity contribution in [2.75, 3.05) is 43.5 Å². The fourth-order valence-electron chi connectivity index (χ4n) is 3.43. The van der Waals surface area contributed by atoms with E-state index in [9.17, 15) is 9.59 Å². The Balaban J connectivity index is 1.32. The van der Waals surface area contributed by atoms with Crippen LogP contribution in [0.4, 0.5) is 11.4 Å². The van der Waals surface area contributed by atoms with Crippen molar-refractivity contribution in [3.63, 3.8) is 0 Å². The van der Waals surface area contributed by atoms with E-state index < -0.39 is 0 Å². The number of carbonyl (C=O) groups excluding carboxylic acids is 2. The van der Waals surface area contributed by atoms with Crippen molar-refractivity contribution in [3.05, 3.63) is 76.5 Å². The standard InChI is InChI=1S/C23H23N3O3S/c1-29-20-10-4-17(5-11-20)22(27)24-18-6-8-19(9-7-18)25-12-14-26(15-13-25)23(28)21-3-2-16-30-21/h2-11,16H,12-15H2,1H3,(H,24,27). The van der Waals surface area contributed by atoms with Gasteiger partial charge in [0.05, 0.1) is 12.0 Å². The molecular formula is C23H23N3O3S. The first-order valence-corrected chi connectivity index (χ1v) is 10.7. The van der Waals surface area contributed by atoms with Crippen LogP contribution in [0.15, 0.2) is 66.0 Å². The second kappa shape index (κ2) is 9.00. The molecule has 0 unspecified atom stereocenters. The van der Waals surface area contributed by atoms with Crippen LogP contribution in [0.5, 0.6) is 5.75 Å². The Hall–Kier alpha value is -3.32. The van der Waals surface area contributed by atoms with Crippen molar-refractivity contribution in [2.45, 2.75) is 0 Å². The van der Waals surface area contributed by atoms with Crippen molar-refractivity contribution in [3.8, 4) is 5.75 Å². The summed E-state index contributed by atoms with van der Waals surface area (Å²) in [5.74, 6) is 0.667. The van der Waals surface area contributed by atoms with Gasteiger partial charge in [-0.1, -0.05) is 6.07 Å². The molecule has 4 rings (SSSR count). The molecule has 1 aromatic heterocycles. The summed E-state index contributed by atoms with van der Waals surface area (Å²) in [4.78, 5) is 29.8. The topological polar surface area (TPSA) is 61.9 Å². The van der Waals surface area contributed by atoms with Gasteiger partial charge >= 0.3 is 0 Å². The zero-order valence-corrected chi connectivity index (χ0v) is 17.5. The van der Waals surface area contributed by atoms with E-state index in [1.807, 2.05) is 46.7 Å². The Morgan fingerprint density at radius 1 is 0.933 bits per heavy atom. The summed E-state index contributed by atoms with van der Waals surface area (Å²) in [6.45, 7) is 2.97. The number of piperazine rings is 1. The molecule has 0 radical (unpaired) electrons. The smallest absolute Gasteiger partial charge is 0.264 e. The third-order valence-electron chi connectivity index (χ3n) is 5.14. The predicted molar refractivity (Wildman–Crippen MR) is 120 cm³/mol. The third kappa shape index (κ3) is 4.46. The molecular weight excluding hydrogens is 398 g/mol. The van der Waals surface area contributed by atoms with E-state index in [4.69, 9.17) is 4.74 Å². The molecule has 1 fully saturated rings. The largest absolute Gasteiger partial charge is 0.497 e. The summed E-state index contributed by atoms with van der Waals surface area (Å²) in [6.07, 6.45) is 0. The van der Waals surface area contributed by atoms with Crippen LogP contribution in [0, 0.1) is 0 Å². The molecule has 1 aliphatic rings. The van der Waals surface area contributed by atoms with E-state index in [0.717, 1.165) is 29.3 Å². The van der Waals surface area contributed by atoms with Gasteiger partial charge in [-0.3, -0.25) is 9.59 Å². The minimum atomic E-state index is -0.161. The molecule has 0 saturated carbocycles. The van der Waals surface area contributed by atoms with Crippen LogP contribution in [-0.4, -0.2) is 50.0 Å². The molecule has 1 saturated heterocycles. The van der Waals surface area contributed by atoms with Crippen LogP contribution in [0.3, 0.4) is 0 Å². The quantitative estimate of drug-likeness (QED) is 0.677. The summed E-state index contributed by atoms with van der Waals surface area (Å²) in [5, 5.41) is 4.84. The van der Waals surface area contributed by atoms with Crippen LogP contribution < -0.4 is 15.0 Å². The maximum atomic E-state index is 12.5. The van der Waals surface area contributed by atoms with Gasteiger partial charge in [0.1, 0.15) is 5.75 Å². The summed E-state index contributed by atoms with van der Waals surface area (Å²) < 4.78 is 5.12. The second-order valence-electron chi connectivity index (χ2n) is 6.99. The number of nitrogens with zero attached hydrogens (tertiary/aromatic N) is 2. The van der Waals surface area contributed by atoms with Gasteiger partial charge in [-0.25, -0.2) is 0 Å². The van der Waals surface area contributed by atoms with E-state index in [1.54, 1.807) is 31.4 Å². The van der Waals surface area contributed by atoms with Crippen molar-refractivity contribution in [1.29, 1.82) is 0 Å². The SMILES string of the molecule is COc1ccc(C(=O)Nc2ccc(N3CCN(C(=O)c4cccs4)CC3)cc2)cc1. The predicted octanol–water partition coefficient (Wildman–Crippen LogP) is 3.97. The second-order valence-corrected chi connectivity index (χ2v) is 7.93. The van der Waals surface area contributed by atoms with Crippen LogP contribution in [0.2, 0.25) is 0 Å². The number of hydrogen-bond donors (Lipinski definition) is 1. The lowest BCUT2D eigenvalue weighted by atomic mass is 10.2. The van der Waals surface area contributed by atoms with E-state index in [0.29, 0.717) is 24.4 Å². The molecule has 7 heteroatoms. The minimum absolute atomic E-state index is 0.112. The number of amides is 2. The lowest BCUT2D eigenvalue weighted by Gasteiger charge is -2.36. The Kier molecular flexibility index (Phi) is 5.99. The number of thiophene rings is 1. The van der Waals surface area contributed by atoms with Gasteiger partial charge in [-0.2, -0.15) is 0 Å². The van der Waals surface area contributed by atoms with Gasteiger partial charge in [-0.05, 0) is 60.0 Å². The first-order valence-electron chi connectivity index (χ1n) is 9.77. The van der Waals surface area contributed by atoms with E-state index in [-0.39, 0.29) is 11.8 Å². The monoisotopic (exact) mass is 421 g/mol. The van der Waals surface area contributed by atoms with Crippen LogP contribution >= 0.6 is 11.3 Å². The van der Waals surface area contributed by atoms with Gasteiger partial charge in [0, 0.05) is 43.1 Å². The lowest BCUT2D eigenvalue weighted by Crippen LogP contribution is -2.48. The van der Waals surface area contributed by atoms with Crippen LogP contribution in [0.1, 0.15) is 20.0 Å². The Morgan fingerprint density at radius 2 is 1.63 bits per heavy atom. The Morgan fingerprint density at radius 3 is 2.23 bits per heavy atom. The summed E-state index contributed by atoms with van der Waals surface area (Å²) >= 11 is 1.48. The van der Waals surface area contributed by atoms with E-state index in [2.05, 4.69) is 10.2 Å². The molecule has 3 aromatic rings. The summed E-state index contributed by atoms with van der Waals surface area (Å²) in [5.41, 5.74) is 2.40. The molecule has 1 aliphatic heterocycles. The molecule has 1 N–H and O–H groups in total. The highest BCUT2D eigenvalue weighted by molar-refractivity contribution is 7.12. The molecule has 2 amide bonds. The maximum absolute atomic E-state index is 12.5. The van der Waals surface area contributed by atoms with Crippen molar-refractivity contribution in [1.82, 2.24) is 4.90 Å². The van der Waals surface area contributed by atoms with Crippen LogP contribution in [0.25, 0.3) is 0 Å². The molecule has 2 aromatic carbocycles. The molecule has 2 heterocycles. The normalized spacial score (nSPS) is 13.8. The fraction of sp³-hybridized carbons (Fsp3) is 0.217. The number of hydrogen-bond acceptors (Lipinski definition) is 5. The zero-order valence-electron chi connectivity index (χ0n) is 16.7. The number of ether oxygens (including phenoxy) is 1. The summed E-state index contributed by atoms with van der Waals surface area (Å²) in [6, 6.07) is 18.6. The Labute approximate surface area is 179 Å². The molecule has 0 aliphatic carbocycles. The number of nitrogens with one attached hydrogen (secondary N) is 1. The van der Waals surface area contributed by atoms with Gasteiger partial charge in [-0.15, -0.1) is 11.3 Å². The van der Waals surface area contributed by atoms with Crippen molar-refractivity contribution < 1.29 is 14.3 Å². The van der Waals surface area contributed by atoms with Gasteiger partial charge in [0.2, 0.25) is 0 Å². The highest BCUT2D eigenvalue weighted by atomic mass is 32.1. The molecule has 154 valence electrons. The average molecular weight is 422 g/mol. The molecule has 0 bridgehead atoms. The highest BCUT2D eigenvalue weighted by Gasteiger charge is 2.22. The van der Waals surface area contributed by atoms with Gasteiger partial charge in [0.25, 0.3) is 11.8 Å². The summed E-state index contributed by atoms with van der Waals surface area (Å²) in [7, 11) is 1.60. The number of carbonyl (C=O) groups is 2. The molecule has 30 heavy (non-hydrogen) atoms. The number of rotatable bonds is 5. The number of methoxy groups -OCH3 is 1. The lowest BCUT2D eigenvalue weighted by molar-refractivity contribution is 0.0751. The maximum Gasteiger partial charge on any atom is 0.264 e. The first-order chi connectivity index (χ1) is 14.6. The molecule has 0 atom stereocenters. The van der Waals surface area contributed by atoms with Gasteiger partial charge in [0.15, 0.2) is 0 Å². The fourth-order valence-corrected chi connectivity index (χ4v) is 4.12. The average Bonchev–Trinajstić information content (AvgIpc) is 3.34. The van der Waals surface area contributed by atoms with E-state index >= 15 is 0 Å². The number of benzene rings is 2.